The van der Waals surface area contributed by atoms with Crippen molar-refractivity contribution in [2.24, 2.45) is 0 Å². The van der Waals surface area contributed by atoms with E-state index in [0.29, 0.717) is 60.2 Å². The summed E-state index contributed by atoms with van der Waals surface area (Å²) in [6.45, 7) is 1.67. The molecule has 5 aromatic rings. The quantitative estimate of drug-likeness (QED) is 0.149. The Hall–Kier alpha value is -4.45. The molecule has 0 spiro atoms. The summed E-state index contributed by atoms with van der Waals surface area (Å²) in [5, 5.41) is 4.74. The van der Waals surface area contributed by atoms with E-state index in [4.69, 9.17) is 5.10 Å². The van der Waals surface area contributed by atoms with E-state index in [1.54, 1.807) is 41.3 Å². The number of fused-ring (bicyclic) bond motifs is 1. The number of benzene rings is 1. The number of carbonyl (C=O) groups is 1. The topological polar surface area (TPSA) is 81.2 Å². The number of aromatic nitrogens is 6. The number of alkyl halides is 2. The molecule has 41 heavy (non-hydrogen) atoms. The number of hydrogen-bond donors (Lipinski definition) is 0. The molecule has 5 heterocycles. The second-order valence-electron chi connectivity index (χ2n) is 10.1. The lowest BCUT2D eigenvalue weighted by atomic mass is 10.1. The molecule has 12 heteroatoms. The Bertz CT molecular complexity index is 1700. The lowest BCUT2D eigenvalue weighted by molar-refractivity contribution is -0.0554. The van der Waals surface area contributed by atoms with Crippen LogP contribution in [0.1, 0.15) is 28.9 Å². The van der Waals surface area contributed by atoms with Gasteiger partial charge in [0.1, 0.15) is 11.5 Å². The normalized spacial score (nSPS) is 15.4. The van der Waals surface area contributed by atoms with E-state index in [1.165, 1.54) is 24.4 Å². The van der Waals surface area contributed by atoms with Gasteiger partial charge < -0.3 is 9.47 Å². The van der Waals surface area contributed by atoms with Crippen molar-refractivity contribution in [1.29, 1.82) is 0 Å². The Kier molecular flexibility index (Phi) is 7.08. The fraction of sp³-hybridized carbons (Fsp3) is 0.276. The van der Waals surface area contributed by atoms with Gasteiger partial charge in [0.25, 0.3) is 5.92 Å². The Morgan fingerprint density at radius 2 is 1.73 bits per heavy atom. The van der Waals surface area contributed by atoms with Crippen LogP contribution in [-0.2, 0) is 13.0 Å². The van der Waals surface area contributed by atoms with E-state index in [0.717, 1.165) is 6.07 Å². The molecule has 210 valence electrons. The van der Waals surface area contributed by atoms with Gasteiger partial charge >= 0.3 is 0 Å². The van der Waals surface area contributed by atoms with Crippen LogP contribution in [0.15, 0.2) is 67.3 Å². The summed E-state index contributed by atoms with van der Waals surface area (Å²) in [5.41, 5.74) is 3.71. The summed E-state index contributed by atoms with van der Waals surface area (Å²) in [6, 6.07) is 12.1. The summed E-state index contributed by atoms with van der Waals surface area (Å²) in [6.07, 6.45) is 4.18. The number of imidazole rings is 2. The van der Waals surface area contributed by atoms with Crippen LogP contribution in [0, 0.1) is 11.8 Å². The smallest absolute Gasteiger partial charge is 0.250 e. The van der Waals surface area contributed by atoms with E-state index in [1.807, 2.05) is 9.47 Å². The van der Waals surface area contributed by atoms with Crippen molar-refractivity contribution in [2.45, 2.75) is 31.7 Å². The maximum Gasteiger partial charge on any atom is 0.250 e. The second-order valence-corrected chi connectivity index (χ2v) is 10.1. The Morgan fingerprint density at radius 1 is 0.951 bits per heavy atom. The number of ketones is 1. The number of likely N-dealkylation sites (tertiary alicyclic amines) is 1. The number of hydrogen-bond acceptors (Lipinski definition) is 6. The summed E-state index contributed by atoms with van der Waals surface area (Å²) in [7, 11) is 0. The van der Waals surface area contributed by atoms with Gasteiger partial charge in [0.05, 0.1) is 36.0 Å². The van der Waals surface area contributed by atoms with Gasteiger partial charge in [-0.1, -0.05) is 0 Å². The summed E-state index contributed by atoms with van der Waals surface area (Å²) < 4.78 is 57.8. The highest BCUT2D eigenvalue weighted by Gasteiger charge is 2.33. The number of piperidine rings is 1. The molecule has 0 bridgehead atoms. The third kappa shape index (κ3) is 5.87. The van der Waals surface area contributed by atoms with Crippen LogP contribution in [0.3, 0.4) is 0 Å². The van der Waals surface area contributed by atoms with Crippen molar-refractivity contribution in [1.82, 2.24) is 34.0 Å². The first-order valence-corrected chi connectivity index (χ1v) is 13.2. The first-order chi connectivity index (χ1) is 19.7. The van der Waals surface area contributed by atoms with Crippen LogP contribution in [0.4, 0.5) is 17.6 Å². The highest BCUT2D eigenvalue weighted by Crippen LogP contribution is 2.31. The van der Waals surface area contributed by atoms with E-state index in [9.17, 15) is 22.4 Å². The van der Waals surface area contributed by atoms with Gasteiger partial charge in [-0.05, 0) is 42.5 Å². The van der Waals surface area contributed by atoms with Crippen LogP contribution in [0.2, 0.25) is 0 Å². The lowest BCUT2D eigenvalue weighted by Gasteiger charge is -2.31. The van der Waals surface area contributed by atoms with Gasteiger partial charge in [-0.25, -0.2) is 32.6 Å². The third-order valence-electron chi connectivity index (χ3n) is 7.20. The maximum absolute atomic E-state index is 13.7. The predicted molar refractivity (Wildman–Crippen MR) is 142 cm³/mol. The molecule has 0 atom stereocenters. The summed E-state index contributed by atoms with van der Waals surface area (Å²) in [4.78, 5) is 27.2. The van der Waals surface area contributed by atoms with Crippen molar-refractivity contribution < 1.29 is 22.4 Å². The zero-order chi connectivity index (χ0) is 28.6. The fourth-order valence-corrected chi connectivity index (χ4v) is 4.98. The molecule has 1 saturated heterocycles. The van der Waals surface area contributed by atoms with Gasteiger partial charge in [0.2, 0.25) is 5.95 Å². The zero-order valence-corrected chi connectivity index (χ0v) is 21.9. The molecule has 0 amide bonds. The first-order valence-electron chi connectivity index (χ1n) is 13.2. The van der Waals surface area contributed by atoms with Gasteiger partial charge in [-0.2, -0.15) is 9.49 Å². The first kappa shape index (κ1) is 26.8. The summed E-state index contributed by atoms with van der Waals surface area (Å²) >= 11 is 0. The zero-order valence-electron chi connectivity index (χ0n) is 21.9. The van der Waals surface area contributed by atoms with Crippen molar-refractivity contribution >= 4 is 11.4 Å². The Balaban J connectivity index is 1.30. The van der Waals surface area contributed by atoms with E-state index >= 15 is 0 Å². The molecule has 1 fully saturated rings. The molecular formula is C29H25F4N7O. The number of pyridine rings is 1. The molecule has 0 aliphatic carbocycles. The highest BCUT2D eigenvalue weighted by molar-refractivity contribution is 5.97. The van der Waals surface area contributed by atoms with E-state index < -0.39 is 11.9 Å². The number of Topliss-reactive ketones (excluding diaryl/α,β-unsaturated/α-hetero) is 1. The number of rotatable bonds is 8. The summed E-state index contributed by atoms with van der Waals surface area (Å²) in [5.74, 6) is -4.02. The van der Waals surface area contributed by atoms with Gasteiger partial charge in [-0.15, -0.1) is 0 Å². The Morgan fingerprint density at radius 3 is 2.49 bits per heavy atom. The minimum Gasteiger partial charge on any atom is -0.327 e. The monoisotopic (exact) mass is 563 g/mol. The molecule has 6 rings (SSSR count). The largest absolute Gasteiger partial charge is 0.327 e. The fourth-order valence-electron chi connectivity index (χ4n) is 4.98. The third-order valence-corrected chi connectivity index (χ3v) is 7.20. The average molecular weight is 564 g/mol. The molecule has 0 radical (unpaired) electrons. The minimum absolute atomic E-state index is 0.0458. The van der Waals surface area contributed by atoms with Crippen molar-refractivity contribution in [3.63, 3.8) is 0 Å². The molecule has 1 aliphatic heterocycles. The second kappa shape index (κ2) is 10.8. The molecule has 4 aromatic heterocycles. The van der Waals surface area contributed by atoms with Crippen LogP contribution in [-0.4, -0.2) is 65.4 Å². The van der Waals surface area contributed by atoms with Gasteiger partial charge in [0, 0.05) is 62.4 Å². The average Bonchev–Trinajstić information content (AvgIpc) is 3.56. The van der Waals surface area contributed by atoms with Crippen LogP contribution in [0.5, 0.6) is 0 Å². The van der Waals surface area contributed by atoms with Crippen molar-refractivity contribution in [3.8, 4) is 22.6 Å². The number of nitrogens with zero attached hydrogens (tertiary/aromatic N) is 7. The SMILES string of the molecule is O=C(Cc1cn2nc(-c3c(-c4ccc(F)cc4)ncn3CCN3CCC(F)(F)CC3)ccc2n1)c1ccnc(F)c1. The molecule has 1 aliphatic rings. The maximum atomic E-state index is 13.7. The molecular weight excluding hydrogens is 538 g/mol. The van der Waals surface area contributed by atoms with Crippen LogP contribution >= 0.6 is 0 Å². The van der Waals surface area contributed by atoms with Crippen molar-refractivity contribution in [2.75, 3.05) is 19.6 Å². The number of carbonyl (C=O) groups excluding carboxylic acids is 1. The molecule has 0 N–H and O–H groups in total. The van der Waals surface area contributed by atoms with Gasteiger partial charge in [0.15, 0.2) is 11.4 Å². The number of halogens is 4. The molecule has 0 unspecified atom stereocenters. The lowest BCUT2D eigenvalue weighted by Crippen LogP contribution is -2.40. The highest BCUT2D eigenvalue weighted by atomic mass is 19.3. The van der Waals surface area contributed by atoms with E-state index in [2.05, 4.69) is 15.0 Å². The Labute approximate surface area is 232 Å². The molecule has 0 saturated carbocycles. The molecule has 1 aromatic carbocycles. The van der Waals surface area contributed by atoms with Crippen LogP contribution in [0.25, 0.3) is 28.3 Å². The standard InChI is InChI=1S/C29H25F4N7O/c30-21-3-1-19(2-4-21)27-28(39(18-35-27)14-13-38-11-8-29(32,33)9-12-38)23-5-6-26-36-22(17-40(26)37-23)16-24(41)20-7-10-34-25(31)15-20/h1-7,10,15,17-18H,8-9,11-14,16H2. The molecule has 8 nitrogen and oxygen atoms in total. The predicted octanol–water partition coefficient (Wildman–Crippen LogP) is 5.09. The van der Waals surface area contributed by atoms with E-state index in [-0.39, 0.29) is 36.4 Å². The minimum atomic E-state index is -2.62. The van der Waals surface area contributed by atoms with Gasteiger partial charge in [-0.3, -0.25) is 4.79 Å². The van der Waals surface area contributed by atoms with Crippen molar-refractivity contribution in [3.05, 3.63) is 90.3 Å². The van der Waals surface area contributed by atoms with Crippen LogP contribution < -0.4 is 0 Å².